The van der Waals surface area contributed by atoms with E-state index in [0.29, 0.717) is 0 Å². The van der Waals surface area contributed by atoms with Crippen LogP contribution in [0.25, 0.3) is 0 Å². The monoisotopic (exact) mass is 299 g/mol. The topological polar surface area (TPSA) is 28.2 Å². The molecule has 0 unspecified atom stereocenters. The summed E-state index contributed by atoms with van der Waals surface area (Å²) in [5, 5.41) is 3.46. The molecule has 0 saturated heterocycles. The van der Waals surface area contributed by atoms with Gasteiger partial charge in [-0.1, -0.05) is 13.8 Å². The number of pyridine rings is 1. The lowest BCUT2D eigenvalue weighted by Crippen LogP contribution is -2.37. The van der Waals surface area contributed by atoms with E-state index >= 15 is 0 Å². The van der Waals surface area contributed by atoms with E-state index < -0.39 is 0 Å². The predicted octanol–water partition coefficient (Wildman–Crippen LogP) is 2.52. The molecular weight excluding hydrogens is 278 g/mol. The van der Waals surface area contributed by atoms with Gasteiger partial charge < -0.3 is 10.2 Å². The average molecular weight is 300 g/mol. The van der Waals surface area contributed by atoms with Gasteiger partial charge in [-0.05, 0) is 47.6 Å². The Morgan fingerprint density at radius 2 is 2.06 bits per heavy atom. The van der Waals surface area contributed by atoms with Crippen LogP contribution in [0.15, 0.2) is 22.8 Å². The molecule has 0 aliphatic rings. The molecule has 1 N–H and O–H groups in total. The first-order valence-electron chi connectivity index (χ1n) is 5.85. The van der Waals surface area contributed by atoms with Gasteiger partial charge in [-0.15, -0.1) is 0 Å². The zero-order chi connectivity index (χ0) is 12.9. The Hall–Kier alpha value is -0.450. The molecule has 0 fully saturated rings. The third-order valence-electron chi connectivity index (χ3n) is 2.44. The highest BCUT2D eigenvalue weighted by Gasteiger charge is 2.18. The van der Waals surface area contributed by atoms with Gasteiger partial charge in [0, 0.05) is 30.3 Å². The highest BCUT2D eigenvalue weighted by atomic mass is 79.9. The molecule has 0 bridgehead atoms. The maximum Gasteiger partial charge on any atom is 0.0542 e. The van der Waals surface area contributed by atoms with Crippen LogP contribution >= 0.6 is 15.9 Å². The van der Waals surface area contributed by atoms with Crippen molar-refractivity contribution in [1.82, 2.24) is 15.2 Å². The van der Waals surface area contributed by atoms with Crippen molar-refractivity contribution in [1.29, 1.82) is 0 Å². The fourth-order valence-corrected chi connectivity index (χ4v) is 2.19. The normalized spacial score (nSPS) is 12.1. The summed E-state index contributed by atoms with van der Waals surface area (Å²) in [4.78, 5) is 6.56. The van der Waals surface area contributed by atoms with Gasteiger partial charge in [-0.25, -0.2) is 0 Å². The second kappa shape index (κ2) is 6.47. The Kier molecular flexibility index (Phi) is 5.56. The van der Waals surface area contributed by atoms with Gasteiger partial charge in [0.25, 0.3) is 0 Å². The van der Waals surface area contributed by atoms with Crippen LogP contribution in [0.1, 0.15) is 19.5 Å². The van der Waals surface area contributed by atoms with Gasteiger partial charge in [-0.2, -0.15) is 0 Å². The molecule has 3 nitrogen and oxygen atoms in total. The Labute approximate surface area is 113 Å². The molecule has 4 heteroatoms. The van der Waals surface area contributed by atoms with Crippen molar-refractivity contribution < 1.29 is 0 Å². The number of rotatable bonds is 6. The fourth-order valence-electron chi connectivity index (χ4n) is 1.95. The van der Waals surface area contributed by atoms with E-state index in [1.165, 1.54) is 0 Å². The number of nitrogens with zero attached hydrogens (tertiary/aromatic N) is 2. The van der Waals surface area contributed by atoms with Crippen LogP contribution in [-0.2, 0) is 6.54 Å². The van der Waals surface area contributed by atoms with Gasteiger partial charge in [0.2, 0.25) is 0 Å². The van der Waals surface area contributed by atoms with Gasteiger partial charge in [0.05, 0.1) is 5.69 Å². The second-order valence-corrected chi connectivity index (χ2v) is 6.39. The van der Waals surface area contributed by atoms with Gasteiger partial charge in [0.15, 0.2) is 0 Å². The minimum absolute atomic E-state index is 0.277. The second-order valence-electron chi connectivity index (χ2n) is 5.47. The molecule has 0 saturated carbocycles. The first-order chi connectivity index (χ1) is 7.89. The Morgan fingerprint density at radius 1 is 1.35 bits per heavy atom. The van der Waals surface area contributed by atoms with Crippen molar-refractivity contribution >= 4 is 15.9 Å². The largest absolute Gasteiger partial charge is 0.311 e. The standard InChI is InChI=1S/C13H22BrN3/c1-13(2,10-17(3)4)9-15-8-12-6-5-11(14)7-16-12/h5-7,15H,8-10H2,1-4H3. The van der Waals surface area contributed by atoms with Crippen molar-refractivity contribution in [2.75, 3.05) is 27.2 Å². The Balaban J connectivity index is 2.34. The van der Waals surface area contributed by atoms with Crippen molar-refractivity contribution in [3.63, 3.8) is 0 Å². The molecule has 1 heterocycles. The molecular formula is C13H22BrN3. The molecule has 1 aromatic heterocycles. The van der Waals surface area contributed by atoms with E-state index in [4.69, 9.17) is 0 Å². The lowest BCUT2D eigenvalue weighted by Gasteiger charge is -2.28. The molecule has 1 aromatic rings. The van der Waals surface area contributed by atoms with Gasteiger partial charge in [0.1, 0.15) is 0 Å². The van der Waals surface area contributed by atoms with E-state index in [1.807, 2.05) is 18.3 Å². The minimum atomic E-state index is 0.277. The highest BCUT2D eigenvalue weighted by Crippen LogP contribution is 2.14. The molecule has 0 aliphatic heterocycles. The third-order valence-corrected chi connectivity index (χ3v) is 2.91. The first-order valence-corrected chi connectivity index (χ1v) is 6.64. The summed E-state index contributed by atoms with van der Waals surface area (Å²) in [6.07, 6.45) is 1.84. The predicted molar refractivity (Wildman–Crippen MR) is 76.0 cm³/mol. The summed E-state index contributed by atoms with van der Waals surface area (Å²) < 4.78 is 1.02. The summed E-state index contributed by atoms with van der Waals surface area (Å²) >= 11 is 3.38. The molecule has 0 aliphatic carbocycles. The number of nitrogens with one attached hydrogen (secondary N) is 1. The number of hydrogen-bond donors (Lipinski definition) is 1. The molecule has 96 valence electrons. The van der Waals surface area contributed by atoms with Crippen molar-refractivity contribution in [2.45, 2.75) is 20.4 Å². The van der Waals surface area contributed by atoms with Crippen molar-refractivity contribution in [2.24, 2.45) is 5.41 Å². The summed E-state index contributed by atoms with van der Waals surface area (Å²) in [6, 6.07) is 4.06. The third kappa shape index (κ3) is 6.15. The highest BCUT2D eigenvalue weighted by molar-refractivity contribution is 9.10. The quantitative estimate of drug-likeness (QED) is 0.875. The molecule has 0 atom stereocenters. The van der Waals surface area contributed by atoms with Gasteiger partial charge >= 0.3 is 0 Å². The van der Waals surface area contributed by atoms with E-state index in [-0.39, 0.29) is 5.41 Å². The van der Waals surface area contributed by atoms with Crippen molar-refractivity contribution in [3.05, 3.63) is 28.5 Å². The lowest BCUT2D eigenvalue weighted by molar-refractivity contribution is 0.232. The molecule has 0 amide bonds. The van der Waals surface area contributed by atoms with E-state index in [9.17, 15) is 0 Å². The SMILES string of the molecule is CN(C)CC(C)(C)CNCc1ccc(Br)cn1. The van der Waals surface area contributed by atoms with Crippen LogP contribution in [-0.4, -0.2) is 37.1 Å². The summed E-state index contributed by atoms with van der Waals surface area (Å²) in [6.45, 7) is 7.44. The zero-order valence-electron chi connectivity index (χ0n) is 11.1. The lowest BCUT2D eigenvalue weighted by atomic mass is 9.93. The number of halogens is 1. The molecule has 0 aromatic carbocycles. The average Bonchev–Trinajstić information content (AvgIpc) is 2.18. The molecule has 17 heavy (non-hydrogen) atoms. The Morgan fingerprint density at radius 3 is 2.59 bits per heavy atom. The van der Waals surface area contributed by atoms with Crippen LogP contribution in [0.3, 0.4) is 0 Å². The van der Waals surface area contributed by atoms with Crippen LogP contribution in [0.2, 0.25) is 0 Å². The fraction of sp³-hybridized carbons (Fsp3) is 0.615. The first kappa shape index (κ1) is 14.6. The number of hydrogen-bond acceptors (Lipinski definition) is 3. The Bertz CT molecular complexity index is 333. The van der Waals surface area contributed by atoms with Crippen molar-refractivity contribution in [3.8, 4) is 0 Å². The minimum Gasteiger partial charge on any atom is -0.311 e. The summed E-state index contributed by atoms with van der Waals surface area (Å²) in [5.41, 5.74) is 1.35. The number of aromatic nitrogens is 1. The zero-order valence-corrected chi connectivity index (χ0v) is 12.7. The van der Waals surface area contributed by atoms with Crippen LogP contribution < -0.4 is 5.32 Å². The van der Waals surface area contributed by atoms with Crippen LogP contribution in [0.4, 0.5) is 0 Å². The van der Waals surface area contributed by atoms with E-state index in [0.717, 1.165) is 29.8 Å². The summed E-state index contributed by atoms with van der Waals surface area (Å²) in [5.74, 6) is 0. The maximum atomic E-state index is 4.34. The van der Waals surface area contributed by atoms with Crippen LogP contribution in [0.5, 0.6) is 0 Å². The maximum absolute atomic E-state index is 4.34. The molecule has 0 radical (unpaired) electrons. The van der Waals surface area contributed by atoms with Crippen LogP contribution in [0, 0.1) is 5.41 Å². The summed E-state index contributed by atoms with van der Waals surface area (Å²) in [7, 11) is 4.22. The van der Waals surface area contributed by atoms with E-state index in [1.54, 1.807) is 0 Å². The smallest absolute Gasteiger partial charge is 0.0542 e. The van der Waals surface area contributed by atoms with E-state index in [2.05, 4.69) is 59.1 Å². The molecule has 0 spiro atoms. The molecule has 1 rings (SSSR count). The van der Waals surface area contributed by atoms with Gasteiger partial charge in [-0.3, -0.25) is 4.98 Å².